The lowest BCUT2D eigenvalue weighted by atomic mass is 9.85. The Morgan fingerprint density at radius 3 is 2.44 bits per heavy atom. The van der Waals surface area contributed by atoms with E-state index in [-0.39, 0.29) is 11.8 Å². The molecule has 128 valence electrons. The molecule has 0 fully saturated rings. The van der Waals surface area contributed by atoms with Crippen molar-refractivity contribution in [3.63, 3.8) is 0 Å². The molecule has 0 spiro atoms. The molecule has 2 N–H and O–H groups in total. The van der Waals surface area contributed by atoms with E-state index in [0.29, 0.717) is 5.75 Å². The van der Waals surface area contributed by atoms with E-state index < -0.39 is 12.0 Å². The zero-order chi connectivity index (χ0) is 17.6. The molecule has 3 rings (SSSR count). The van der Waals surface area contributed by atoms with Crippen LogP contribution in [0.4, 0.5) is 0 Å². The summed E-state index contributed by atoms with van der Waals surface area (Å²) in [6, 6.07) is 17.5. The first-order chi connectivity index (χ1) is 12.2. The van der Waals surface area contributed by atoms with Gasteiger partial charge in [0.2, 0.25) is 0 Å². The van der Waals surface area contributed by atoms with Gasteiger partial charge in [-0.15, -0.1) is 0 Å². The lowest BCUT2D eigenvalue weighted by Crippen LogP contribution is -2.43. The van der Waals surface area contributed by atoms with Crippen molar-refractivity contribution in [3.05, 3.63) is 78.9 Å². The number of rotatable bonds is 5. The quantitative estimate of drug-likeness (QED) is 0.642. The molecule has 0 saturated carbocycles. The van der Waals surface area contributed by atoms with Crippen molar-refractivity contribution in [1.29, 1.82) is 0 Å². The van der Waals surface area contributed by atoms with Crippen molar-refractivity contribution >= 4 is 5.91 Å². The van der Waals surface area contributed by atoms with Crippen LogP contribution in [-0.4, -0.2) is 17.2 Å². The third-order valence-electron chi connectivity index (χ3n) is 4.41. The van der Waals surface area contributed by atoms with Gasteiger partial charge in [0.15, 0.2) is 6.10 Å². The summed E-state index contributed by atoms with van der Waals surface area (Å²) in [6.07, 6.45) is 6.98. The average Bonchev–Trinajstić information content (AvgIpc) is 2.67. The second-order valence-electron chi connectivity index (χ2n) is 6.08. The largest absolute Gasteiger partial charge is 0.479 e. The molecule has 25 heavy (non-hydrogen) atoms. The predicted octanol–water partition coefficient (Wildman–Crippen LogP) is 3.98. The maximum Gasteiger partial charge on any atom is 0.285 e. The first-order valence-electron chi connectivity index (χ1n) is 8.30. The molecule has 2 aromatic rings. The van der Waals surface area contributed by atoms with Crippen LogP contribution in [0.5, 0.6) is 5.75 Å². The topological polar surface area (TPSA) is 58.6 Å². The molecule has 4 nitrogen and oxygen atoms in total. The maximum absolute atomic E-state index is 12.3. The van der Waals surface area contributed by atoms with Gasteiger partial charge in [-0.25, -0.2) is 5.48 Å². The Kier molecular flexibility index (Phi) is 5.31. The van der Waals surface area contributed by atoms with E-state index >= 15 is 0 Å². The van der Waals surface area contributed by atoms with Crippen LogP contribution in [-0.2, 0) is 4.79 Å². The molecule has 4 heteroatoms. The third-order valence-corrected chi connectivity index (χ3v) is 4.41. The Bertz CT molecular complexity index is 783. The molecule has 0 radical (unpaired) electrons. The van der Waals surface area contributed by atoms with Crippen LogP contribution in [0.15, 0.2) is 78.9 Å². The summed E-state index contributed by atoms with van der Waals surface area (Å²) in [6.45, 7) is 2.02. The number of carbonyl (C=O) groups excluding carboxylic acids is 1. The van der Waals surface area contributed by atoms with Crippen LogP contribution in [0.25, 0.3) is 11.1 Å². The molecule has 0 aliphatic heterocycles. The Labute approximate surface area is 147 Å². The van der Waals surface area contributed by atoms with Crippen LogP contribution in [0, 0.1) is 11.8 Å². The van der Waals surface area contributed by atoms with Crippen LogP contribution < -0.4 is 10.2 Å². The normalized spacial score (nSPS) is 20.1. The van der Waals surface area contributed by atoms with Crippen molar-refractivity contribution in [2.24, 2.45) is 11.8 Å². The Hall–Kier alpha value is -2.85. The fourth-order valence-corrected chi connectivity index (χ4v) is 3.04. The Balaban J connectivity index is 1.94. The molecule has 2 aromatic carbocycles. The number of para-hydroxylation sites is 1. The summed E-state index contributed by atoms with van der Waals surface area (Å²) in [7, 11) is 0. The number of nitrogens with one attached hydrogen (secondary N) is 1. The van der Waals surface area contributed by atoms with Gasteiger partial charge in [0, 0.05) is 11.5 Å². The van der Waals surface area contributed by atoms with Gasteiger partial charge >= 0.3 is 0 Å². The number of hydrogen-bond acceptors (Lipinski definition) is 3. The minimum absolute atomic E-state index is 0.121. The van der Waals surface area contributed by atoms with E-state index in [0.717, 1.165) is 11.1 Å². The monoisotopic (exact) mass is 335 g/mol. The van der Waals surface area contributed by atoms with Gasteiger partial charge < -0.3 is 4.74 Å². The van der Waals surface area contributed by atoms with Gasteiger partial charge in [-0.05, 0) is 17.5 Å². The lowest BCUT2D eigenvalue weighted by Gasteiger charge is -2.29. The molecule has 1 amide bonds. The fourth-order valence-electron chi connectivity index (χ4n) is 3.04. The van der Waals surface area contributed by atoms with Crippen molar-refractivity contribution in [1.82, 2.24) is 5.48 Å². The summed E-state index contributed by atoms with van der Waals surface area (Å²) >= 11 is 0. The summed E-state index contributed by atoms with van der Waals surface area (Å²) in [5.41, 5.74) is 3.65. The minimum Gasteiger partial charge on any atom is -0.479 e. The van der Waals surface area contributed by atoms with Crippen molar-refractivity contribution in [2.45, 2.75) is 13.0 Å². The molecule has 0 saturated heterocycles. The number of allylic oxidation sites excluding steroid dienone is 3. The number of hydrogen-bond donors (Lipinski definition) is 2. The van der Waals surface area contributed by atoms with Gasteiger partial charge in [0.25, 0.3) is 5.91 Å². The second kappa shape index (κ2) is 7.81. The van der Waals surface area contributed by atoms with Crippen LogP contribution in [0.2, 0.25) is 0 Å². The zero-order valence-corrected chi connectivity index (χ0v) is 14.0. The first kappa shape index (κ1) is 17.0. The van der Waals surface area contributed by atoms with Crippen molar-refractivity contribution < 1.29 is 14.7 Å². The van der Waals surface area contributed by atoms with Crippen LogP contribution in [0.3, 0.4) is 0 Å². The molecule has 1 aliphatic carbocycles. The first-order valence-corrected chi connectivity index (χ1v) is 8.30. The average molecular weight is 335 g/mol. The maximum atomic E-state index is 12.3. The Morgan fingerprint density at radius 1 is 1.04 bits per heavy atom. The highest BCUT2D eigenvalue weighted by molar-refractivity contribution is 5.81. The minimum atomic E-state index is -0.828. The van der Waals surface area contributed by atoms with E-state index in [4.69, 9.17) is 9.94 Å². The smallest absolute Gasteiger partial charge is 0.285 e. The fraction of sp³-hybridized carbons (Fsp3) is 0.190. The van der Waals surface area contributed by atoms with E-state index in [1.807, 2.05) is 85.8 Å². The molecule has 0 aromatic heterocycles. The van der Waals surface area contributed by atoms with Crippen molar-refractivity contribution in [3.8, 4) is 16.9 Å². The van der Waals surface area contributed by atoms with E-state index in [9.17, 15) is 4.79 Å². The number of ether oxygens (including phenoxy) is 1. The molecule has 0 bridgehead atoms. The van der Waals surface area contributed by atoms with Crippen molar-refractivity contribution in [2.75, 3.05) is 0 Å². The molecular formula is C21H21NO3. The summed E-state index contributed by atoms with van der Waals surface area (Å²) in [5, 5.41) is 9.16. The van der Waals surface area contributed by atoms with E-state index in [2.05, 4.69) is 0 Å². The molecule has 1 aliphatic rings. The highest BCUT2D eigenvalue weighted by Crippen LogP contribution is 2.33. The zero-order valence-electron chi connectivity index (χ0n) is 14.0. The van der Waals surface area contributed by atoms with E-state index in [1.165, 1.54) is 0 Å². The van der Waals surface area contributed by atoms with Gasteiger partial charge in [-0.1, -0.05) is 79.8 Å². The lowest BCUT2D eigenvalue weighted by molar-refractivity contribution is -0.138. The number of hydroxylamine groups is 1. The molecule has 3 unspecified atom stereocenters. The van der Waals surface area contributed by atoms with Gasteiger partial charge in [-0.2, -0.15) is 0 Å². The predicted molar refractivity (Wildman–Crippen MR) is 97.2 cm³/mol. The standard InChI is InChI=1S/C21H21NO3/c1-15-9-5-6-12-17(15)20(21(23)22-24)25-19-14-8-7-13-18(19)16-10-3-2-4-11-16/h2-15,17,20,24H,1H3,(H,22,23). The second-order valence-corrected chi connectivity index (χ2v) is 6.08. The summed E-state index contributed by atoms with van der Waals surface area (Å²) in [4.78, 5) is 12.3. The summed E-state index contributed by atoms with van der Waals surface area (Å²) in [5.74, 6) is 0.00860. The third kappa shape index (κ3) is 3.80. The Morgan fingerprint density at radius 2 is 1.72 bits per heavy atom. The molecular weight excluding hydrogens is 314 g/mol. The highest BCUT2D eigenvalue weighted by atomic mass is 16.5. The number of carbonyl (C=O) groups is 1. The molecule has 0 heterocycles. The number of amides is 1. The SMILES string of the molecule is CC1C=CC=CC1C(Oc1ccccc1-c1ccccc1)C(=O)NO. The summed E-state index contributed by atoms with van der Waals surface area (Å²) < 4.78 is 6.11. The van der Waals surface area contributed by atoms with Gasteiger partial charge in [0.05, 0.1) is 0 Å². The molecule has 3 atom stereocenters. The van der Waals surface area contributed by atoms with Crippen LogP contribution in [0.1, 0.15) is 6.92 Å². The number of benzene rings is 2. The van der Waals surface area contributed by atoms with Gasteiger partial charge in [0.1, 0.15) is 5.75 Å². The van der Waals surface area contributed by atoms with Gasteiger partial charge in [-0.3, -0.25) is 10.0 Å². The van der Waals surface area contributed by atoms with E-state index in [1.54, 1.807) is 5.48 Å². The highest BCUT2D eigenvalue weighted by Gasteiger charge is 2.33. The van der Waals surface area contributed by atoms with Crippen LogP contribution >= 0.6 is 0 Å².